The molecular formula is C12H21NO2. The van der Waals surface area contributed by atoms with Gasteiger partial charge in [-0.1, -0.05) is 19.3 Å². The maximum Gasteiger partial charge on any atom is 0.323 e. The highest BCUT2D eigenvalue weighted by atomic mass is 16.6. The molecular weight excluding hydrogens is 190 g/mol. The monoisotopic (exact) mass is 211 g/mol. The summed E-state index contributed by atoms with van der Waals surface area (Å²) in [5.41, 5.74) is 0. The number of carbonyl (C=O) groups excluding carboxylic acids is 1. The molecule has 3 nitrogen and oxygen atoms in total. The average Bonchev–Trinajstić information content (AvgIpc) is 2.45. The first-order valence-electron chi connectivity index (χ1n) is 6.22. The summed E-state index contributed by atoms with van der Waals surface area (Å²) in [4.78, 5) is 14.0. The molecule has 2 aliphatic heterocycles. The third kappa shape index (κ3) is 2.71. The molecule has 2 heterocycles. The molecule has 86 valence electrons. The van der Waals surface area contributed by atoms with Gasteiger partial charge >= 0.3 is 5.97 Å². The van der Waals surface area contributed by atoms with E-state index in [0.29, 0.717) is 0 Å². The lowest BCUT2D eigenvalue weighted by Crippen LogP contribution is -2.40. The van der Waals surface area contributed by atoms with E-state index in [9.17, 15) is 4.79 Å². The lowest BCUT2D eigenvalue weighted by Gasteiger charge is -2.27. The van der Waals surface area contributed by atoms with Gasteiger partial charge in [0.2, 0.25) is 0 Å². The number of carbonyl (C=O) groups is 1. The SMILES string of the molecule is C[C@H]1C[C@H](N2CCCCCCC2)C(=O)O1. The first-order valence-corrected chi connectivity index (χ1v) is 6.22. The van der Waals surface area contributed by atoms with E-state index in [0.717, 1.165) is 19.5 Å². The maximum atomic E-state index is 11.6. The second-order valence-electron chi connectivity index (χ2n) is 4.80. The van der Waals surface area contributed by atoms with Crippen molar-refractivity contribution in [1.82, 2.24) is 4.90 Å². The van der Waals surface area contributed by atoms with Gasteiger partial charge in [0.05, 0.1) is 0 Å². The molecule has 0 unspecified atom stereocenters. The lowest BCUT2D eigenvalue weighted by molar-refractivity contribution is -0.144. The molecule has 0 radical (unpaired) electrons. The Bertz CT molecular complexity index is 222. The molecule has 2 aliphatic rings. The van der Waals surface area contributed by atoms with Gasteiger partial charge in [-0.2, -0.15) is 0 Å². The van der Waals surface area contributed by atoms with Crippen molar-refractivity contribution in [2.75, 3.05) is 13.1 Å². The van der Waals surface area contributed by atoms with Gasteiger partial charge in [0.1, 0.15) is 12.1 Å². The van der Waals surface area contributed by atoms with Crippen molar-refractivity contribution in [3.05, 3.63) is 0 Å². The lowest BCUT2D eigenvalue weighted by atomic mass is 10.1. The van der Waals surface area contributed by atoms with Crippen LogP contribution in [0.15, 0.2) is 0 Å². The fourth-order valence-corrected chi connectivity index (χ4v) is 2.62. The molecule has 0 aromatic carbocycles. The Morgan fingerprint density at radius 3 is 2.27 bits per heavy atom. The highest BCUT2D eigenvalue weighted by molar-refractivity contribution is 5.77. The molecule has 3 heteroatoms. The third-order valence-corrected chi connectivity index (χ3v) is 3.48. The zero-order chi connectivity index (χ0) is 10.7. The van der Waals surface area contributed by atoms with Crippen LogP contribution in [-0.2, 0) is 9.53 Å². The smallest absolute Gasteiger partial charge is 0.323 e. The molecule has 2 saturated heterocycles. The molecule has 0 aromatic heterocycles. The summed E-state index contributed by atoms with van der Waals surface area (Å²) < 4.78 is 5.22. The Hall–Kier alpha value is -0.570. The van der Waals surface area contributed by atoms with Crippen LogP contribution in [0.5, 0.6) is 0 Å². The largest absolute Gasteiger partial charge is 0.461 e. The van der Waals surface area contributed by atoms with Crippen LogP contribution in [0.25, 0.3) is 0 Å². The zero-order valence-corrected chi connectivity index (χ0v) is 9.58. The minimum absolute atomic E-state index is 0.00285. The van der Waals surface area contributed by atoms with Gasteiger partial charge in [-0.05, 0) is 32.9 Å². The van der Waals surface area contributed by atoms with Gasteiger partial charge in [-0.25, -0.2) is 0 Å². The summed E-state index contributed by atoms with van der Waals surface area (Å²) in [5, 5.41) is 0. The number of ether oxygens (including phenoxy) is 1. The highest BCUT2D eigenvalue weighted by Gasteiger charge is 2.35. The topological polar surface area (TPSA) is 29.5 Å². The van der Waals surface area contributed by atoms with Gasteiger partial charge in [-0.3, -0.25) is 9.69 Å². The van der Waals surface area contributed by atoms with E-state index in [4.69, 9.17) is 4.74 Å². The zero-order valence-electron chi connectivity index (χ0n) is 9.58. The Kier molecular flexibility index (Phi) is 3.62. The van der Waals surface area contributed by atoms with Crippen LogP contribution in [0.2, 0.25) is 0 Å². The van der Waals surface area contributed by atoms with E-state index in [1.807, 2.05) is 6.92 Å². The molecule has 2 atom stereocenters. The summed E-state index contributed by atoms with van der Waals surface area (Å²) in [6.07, 6.45) is 7.46. The summed E-state index contributed by atoms with van der Waals surface area (Å²) in [5.74, 6) is 0.00285. The van der Waals surface area contributed by atoms with E-state index < -0.39 is 0 Å². The van der Waals surface area contributed by atoms with Crippen LogP contribution >= 0.6 is 0 Å². The summed E-state index contributed by atoms with van der Waals surface area (Å²) >= 11 is 0. The van der Waals surface area contributed by atoms with Gasteiger partial charge < -0.3 is 4.74 Å². The molecule has 15 heavy (non-hydrogen) atoms. The van der Waals surface area contributed by atoms with Crippen LogP contribution in [0, 0.1) is 0 Å². The molecule has 0 aromatic rings. The number of rotatable bonds is 1. The van der Waals surface area contributed by atoms with Gasteiger partial charge in [0, 0.05) is 6.42 Å². The van der Waals surface area contributed by atoms with Crippen LogP contribution in [0.4, 0.5) is 0 Å². The summed E-state index contributed by atoms with van der Waals surface area (Å²) in [6, 6.07) is 0.0538. The average molecular weight is 211 g/mol. The van der Waals surface area contributed by atoms with Crippen molar-refractivity contribution >= 4 is 5.97 Å². The molecule has 0 amide bonds. The fourth-order valence-electron chi connectivity index (χ4n) is 2.62. The van der Waals surface area contributed by atoms with Crippen LogP contribution in [0.3, 0.4) is 0 Å². The normalized spacial score (nSPS) is 34.6. The standard InChI is InChI=1S/C12H21NO2/c1-10-9-11(12(14)15-10)13-7-5-3-2-4-6-8-13/h10-11H,2-9H2,1H3/t10-,11-/m0/s1. The van der Waals surface area contributed by atoms with E-state index in [-0.39, 0.29) is 18.1 Å². The van der Waals surface area contributed by atoms with E-state index in [1.54, 1.807) is 0 Å². The van der Waals surface area contributed by atoms with Crippen molar-refractivity contribution in [2.45, 2.75) is 57.6 Å². The number of cyclic esters (lactones) is 1. The molecule has 0 N–H and O–H groups in total. The van der Waals surface area contributed by atoms with Crippen molar-refractivity contribution in [1.29, 1.82) is 0 Å². The van der Waals surface area contributed by atoms with Gasteiger partial charge in [0.25, 0.3) is 0 Å². The minimum atomic E-state index is 0.00285. The Balaban J connectivity index is 1.92. The molecule has 2 fully saturated rings. The molecule has 0 bridgehead atoms. The Labute approximate surface area is 91.8 Å². The second-order valence-corrected chi connectivity index (χ2v) is 4.80. The molecule has 2 rings (SSSR count). The number of nitrogens with zero attached hydrogens (tertiary/aromatic N) is 1. The number of hydrogen-bond acceptors (Lipinski definition) is 3. The second kappa shape index (κ2) is 4.97. The van der Waals surface area contributed by atoms with Gasteiger partial charge in [0.15, 0.2) is 0 Å². The summed E-state index contributed by atoms with van der Waals surface area (Å²) in [7, 11) is 0. The van der Waals surface area contributed by atoms with Crippen molar-refractivity contribution < 1.29 is 9.53 Å². The fraction of sp³-hybridized carbons (Fsp3) is 0.917. The van der Waals surface area contributed by atoms with E-state index >= 15 is 0 Å². The number of likely N-dealkylation sites (tertiary alicyclic amines) is 1. The van der Waals surface area contributed by atoms with Crippen molar-refractivity contribution in [2.24, 2.45) is 0 Å². The van der Waals surface area contributed by atoms with Gasteiger partial charge in [-0.15, -0.1) is 0 Å². The predicted molar refractivity (Wildman–Crippen MR) is 58.6 cm³/mol. The van der Waals surface area contributed by atoms with Crippen LogP contribution in [0.1, 0.15) is 45.4 Å². The Morgan fingerprint density at radius 1 is 1.13 bits per heavy atom. The molecule has 0 aliphatic carbocycles. The molecule has 0 saturated carbocycles. The molecule has 0 spiro atoms. The maximum absolute atomic E-state index is 11.6. The quantitative estimate of drug-likeness (QED) is 0.621. The summed E-state index contributed by atoms with van der Waals surface area (Å²) in [6.45, 7) is 4.14. The van der Waals surface area contributed by atoms with E-state index in [2.05, 4.69) is 4.90 Å². The third-order valence-electron chi connectivity index (χ3n) is 3.48. The van der Waals surface area contributed by atoms with E-state index in [1.165, 1.54) is 32.1 Å². The minimum Gasteiger partial charge on any atom is -0.461 e. The predicted octanol–water partition coefficient (Wildman–Crippen LogP) is 1.96. The van der Waals surface area contributed by atoms with Crippen molar-refractivity contribution in [3.63, 3.8) is 0 Å². The first kappa shape index (κ1) is 10.9. The first-order chi connectivity index (χ1) is 7.27. The Morgan fingerprint density at radius 2 is 1.73 bits per heavy atom. The number of esters is 1. The van der Waals surface area contributed by atoms with Crippen molar-refractivity contribution in [3.8, 4) is 0 Å². The number of hydrogen-bond donors (Lipinski definition) is 0. The van der Waals surface area contributed by atoms with Crippen LogP contribution in [-0.4, -0.2) is 36.1 Å². The van der Waals surface area contributed by atoms with Crippen LogP contribution < -0.4 is 0 Å². The highest BCUT2D eigenvalue weighted by Crippen LogP contribution is 2.22.